The number of carbonyl (C=O) groups is 1. The molecular weight excluding hydrogens is 355 g/mol. The number of para-hydroxylation sites is 1. The molecule has 0 radical (unpaired) electrons. The first kappa shape index (κ1) is 17.7. The van der Waals surface area contributed by atoms with E-state index in [4.69, 9.17) is 9.47 Å². The topological polar surface area (TPSA) is 35.5 Å². The number of hydrogen-bond acceptors (Lipinski definition) is 3. The molecule has 0 aromatic heterocycles. The zero-order valence-corrected chi connectivity index (χ0v) is 15.0. The third-order valence-electron chi connectivity index (χ3n) is 4.32. The van der Waals surface area contributed by atoms with Crippen LogP contribution in [-0.2, 0) is 16.1 Å². The molecule has 0 saturated carbocycles. The van der Waals surface area contributed by atoms with Crippen LogP contribution in [0.5, 0.6) is 5.75 Å². The molecule has 4 rings (SSSR count). The summed E-state index contributed by atoms with van der Waals surface area (Å²) in [7, 11) is 0. The second-order valence-corrected chi connectivity index (χ2v) is 6.32. The average Bonchev–Trinajstić information content (AvgIpc) is 3.09. The molecule has 0 bridgehead atoms. The molecule has 1 heterocycles. The van der Waals surface area contributed by atoms with E-state index in [1.54, 1.807) is 24.3 Å². The quantitative estimate of drug-likeness (QED) is 0.445. The smallest absolute Gasteiger partial charge is 0.343 e. The molecule has 0 saturated heterocycles. The fourth-order valence-corrected chi connectivity index (χ4v) is 2.88. The number of carbonyl (C=O) groups excluding carboxylic acids is 1. The van der Waals surface area contributed by atoms with Gasteiger partial charge in [-0.2, -0.15) is 0 Å². The van der Waals surface area contributed by atoms with Crippen LogP contribution >= 0.6 is 0 Å². The molecule has 3 aromatic rings. The second kappa shape index (κ2) is 7.92. The molecule has 4 heteroatoms. The number of hydrogen-bond donors (Lipinski definition) is 0. The highest BCUT2D eigenvalue weighted by Gasteiger charge is 2.22. The summed E-state index contributed by atoms with van der Waals surface area (Å²) in [6.45, 7) is 0.433. The van der Waals surface area contributed by atoms with Crippen molar-refractivity contribution in [2.45, 2.75) is 6.61 Å². The first-order valence-electron chi connectivity index (χ1n) is 8.86. The highest BCUT2D eigenvalue weighted by atomic mass is 19.1. The van der Waals surface area contributed by atoms with Gasteiger partial charge in [0.05, 0.1) is 5.57 Å². The zero-order chi connectivity index (χ0) is 19.3. The molecule has 3 aromatic carbocycles. The molecule has 0 unspecified atom stereocenters. The molecule has 0 N–H and O–H groups in total. The normalized spacial score (nSPS) is 14.7. The van der Waals surface area contributed by atoms with E-state index in [2.05, 4.69) is 0 Å². The van der Waals surface area contributed by atoms with Crippen molar-refractivity contribution < 1.29 is 18.7 Å². The largest absolute Gasteiger partial charge is 0.488 e. The van der Waals surface area contributed by atoms with Crippen LogP contribution in [0, 0.1) is 5.82 Å². The summed E-state index contributed by atoms with van der Waals surface area (Å²) in [5, 5.41) is 0. The Hall–Kier alpha value is -3.66. The van der Waals surface area contributed by atoms with Crippen molar-refractivity contribution in [3.05, 3.63) is 113 Å². The molecule has 0 fully saturated rings. The van der Waals surface area contributed by atoms with Crippen LogP contribution in [0.2, 0.25) is 0 Å². The van der Waals surface area contributed by atoms with Crippen molar-refractivity contribution in [3.63, 3.8) is 0 Å². The lowest BCUT2D eigenvalue weighted by atomic mass is 10.1. The lowest BCUT2D eigenvalue weighted by Gasteiger charge is -2.09. The van der Waals surface area contributed by atoms with Crippen molar-refractivity contribution in [1.82, 2.24) is 0 Å². The van der Waals surface area contributed by atoms with Crippen LogP contribution in [0.3, 0.4) is 0 Å². The fraction of sp³-hybridized carbons (Fsp3) is 0.0417. The van der Waals surface area contributed by atoms with E-state index in [9.17, 15) is 9.18 Å². The van der Waals surface area contributed by atoms with Gasteiger partial charge in [0.15, 0.2) is 0 Å². The number of benzene rings is 3. The van der Waals surface area contributed by atoms with Gasteiger partial charge in [-0.3, -0.25) is 0 Å². The van der Waals surface area contributed by atoms with Crippen LogP contribution in [0.25, 0.3) is 11.8 Å². The Morgan fingerprint density at radius 3 is 2.39 bits per heavy atom. The van der Waals surface area contributed by atoms with E-state index in [0.29, 0.717) is 29.3 Å². The van der Waals surface area contributed by atoms with Gasteiger partial charge >= 0.3 is 5.97 Å². The number of esters is 1. The SMILES string of the molecule is O=C1OC(c2ccc(F)cc2)=C/C1=C/c1ccccc1OCc1ccccc1. The Labute approximate surface area is 162 Å². The lowest BCUT2D eigenvalue weighted by Crippen LogP contribution is -1.99. The van der Waals surface area contributed by atoms with Gasteiger partial charge in [-0.05, 0) is 48.0 Å². The average molecular weight is 372 g/mol. The molecule has 0 atom stereocenters. The summed E-state index contributed by atoms with van der Waals surface area (Å²) in [4.78, 5) is 12.3. The molecule has 1 aliphatic heterocycles. The molecule has 0 aliphatic carbocycles. The molecule has 28 heavy (non-hydrogen) atoms. The van der Waals surface area contributed by atoms with Crippen molar-refractivity contribution in [3.8, 4) is 5.75 Å². The van der Waals surface area contributed by atoms with Crippen LogP contribution in [0.15, 0.2) is 90.5 Å². The van der Waals surface area contributed by atoms with Gasteiger partial charge in [-0.25, -0.2) is 9.18 Å². The Bertz CT molecular complexity index is 1050. The Morgan fingerprint density at radius 1 is 0.893 bits per heavy atom. The highest BCUT2D eigenvalue weighted by molar-refractivity contribution is 6.05. The number of rotatable bonds is 5. The molecule has 0 spiro atoms. The van der Waals surface area contributed by atoms with E-state index in [1.807, 2.05) is 54.6 Å². The summed E-state index contributed by atoms with van der Waals surface area (Å²) >= 11 is 0. The first-order valence-corrected chi connectivity index (χ1v) is 8.86. The maximum Gasteiger partial charge on any atom is 0.343 e. The Kier molecular flexibility index (Phi) is 5.02. The third kappa shape index (κ3) is 4.01. The minimum atomic E-state index is -0.447. The molecule has 138 valence electrons. The maximum atomic E-state index is 13.1. The van der Waals surface area contributed by atoms with Gasteiger partial charge in [-0.1, -0.05) is 48.5 Å². The minimum Gasteiger partial charge on any atom is -0.488 e. The third-order valence-corrected chi connectivity index (χ3v) is 4.32. The van der Waals surface area contributed by atoms with Gasteiger partial charge in [0.1, 0.15) is 23.9 Å². The van der Waals surface area contributed by atoms with Crippen LogP contribution in [0.4, 0.5) is 4.39 Å². The summed E-state index contributed by atoms with van der Waals surface area (Å²) in [5.74, 6) is 0.292. The van der Waals surface area contributed by atoms with E-state index >= 15 is 0 Å². The standard InChI is InChI=1S/C24H17FO3/c25-21-12-10-18(11-13-21)23-15-20(24(26)28-23)14-19-8-4-5-9-22(19)27-16-17-6-2-1-3-7-17/h1-15H,16H2/b20-14-. The monoisotopic (exact) mass is 372 g/mol. The van der Waals surface area contributed by atoms with E-state index in [1.165, 1.54) is 12.1 Å². The predicted octanol–water partition coefficient (Wildman–Crippen LogP) is 5.39. The first-order chi connectivity index (χ1) is 13.7. The molecule has 0 amide bonds. The summed E-state index contributed by atoms with van der Waals surface area (Å²) < 4.78 is 24.4. The Balaban J connectivity index is 1.58. The van der Waals surface area contributed by atoms with Crippen molar-refractivity contribution in [1.29, 1.82) is 0 Å². The van der Waals surface area contributed by atoms with Gasteiger partial charge < -0.3 is 9.47 Å². The zero-order valence-electron chi connectivity index (χ0n) is 15.0. The van der Waals surface area contributed by atoms with Gasteiger partial charge in [0, 0.05) is 11.1 Å². The van der Waals surface area contributed by atoms with Crippen LogP contribution < -0.4 is 4.74 Å². The summed E-state index contributed by atoms with van der Waals surface area (Å²) in [6.07, 6.45) is 3.39. The van der Waals surface area contributed by atoms with Crippen molar-refractivity contribution >= 4 is 17.8 Å². The highest BCUT2D eigenvalue weighted by Crippen LogP contribution is 2.29. The van der Waals surface area contributed by atoms with Crippen LogP contribution in [-0.4, -0.2) is 5.97 Å². The Morgan fingerprint density at radius 2 is 1.61 bits per heavy atom. The van der Waals surface area contributed by atoms with Crippen LogP contribution in [0.1, 0.15) is 16.7 Å². The van der Waals surface area contributed by atoms with Gasteiger partial charge in [0.25, 0.3) is 0 Å². The predicted molar refractivity (Wildman–Crippen MR) is 106 cm³/mol. The van der Waals surface area contributed by atoms with E-state index in [0.717, 1.165) is 11.1 Å². The maximum absolute atomic E-state index is 13.1. The molecule has 3 nitrogen and oxygen atoms in total. The summed E-state index contributed by atoms with van der Waals surface area (Å²) in [5.41, 5.74) is 2.90. The molecular formula is C24H17FO3. The van der Waals surface area contributed by atoms with E-state index < -0.39 is 5.97 Å². The van der Waals surface area contributed by atoms with Crippen molar-refractivity contribution in [2.24, 2.45) is 0 Å². The van der Waals surface area contributed by atoms with Gasteiger partial charge in [-0.15, -0.1) is 0 Å². The summed E-state index contributed by atoms with van der Waals surface area (Å²) in [6, 6.07) is 23.2. The number of cyclic esters (lactones) is 1. The number of ether oxygens (including phenoxy) is 2. The number of halogens is 1. The molecule has 1 aliphatic rings. The second-order valence-electron chi connectivity index (χ2n) is 6.32. The lowest BCUT2D eigenvalue weighted by molar-refractivity contribution is -0.130. The van der Waals surface area contributed by atoms with E-state index in [-0.39, 0.29) is 5.82 Å². The van der Waals surface area contributed by atoms with Crippen molar-refractivity contribution in [2.75, 3.05) is 0 Å². The van der Waals surface area contributed by atoms with Gasteiger partial charge in [0.2, 0.25) is 0 Å². The fourth-order valence-electron chi connectivity index (χ4n) is 2.88. The minimum absolute atomic E-state index is 0.339.